The number of hydrogen-bond acceptors (Lipinski definition) is 3. The van der Waals surface area contributed by atoms with Crippen LogP contribution in [-0.2, 0) is 10.9 Å². The minimum absolute atomic E-state index is 0.160. The standard InChI is InChI=1S/C8H5F3INO2/c1-15-7(14)4-3-13-6(12)2-5(4)8(9,10)11/h2-3H,1H3. The molecule has 0 saturated heterocycles. The molecule has 1 aromatic heterocycles. The van der Waals surface area contributed by atoms with E-state index in [0.29, 0.717) is 0 Å². The SMILES string of the molecule is COC(=O)c1cnc(I)cc1C(F)(F)F. The molecule has 0 aliphatic heterocycles. The molecule has 1 heterocycles. The van der Waals surface area contributed by atoms with Gasteiger partial charge in [0.1, 0.15) is 3.70 Å². The number of pyridine rings is 1. The molecule has 0 atom stereocenters. The Labute approximate surface area is 96.8 Å². The molecule has 0 spiro atoms. The van der Waals surface area contributed by atoms with Crippen LogP contribution >= 0.6 is 22.6 Å². The van der Waals surface area contributed by atoms with Gasteiger partial charge >= 0.3 is 12.1 Å². The highest BCUT2D eigenvalue weighted by Crippen LogP contribution is 2.32. The predicted octanol–water partition coefficient (Wildman–Crippen LogP) is 2.49. The smallest absolute Gasteiger partial charge is 0.417 e. The minimum atomic E-state index is -4.59. The first-order valence-corrected chi connectivity index (χ1v) is 4.75. The summed E-state index contributed by atoms with van der Waals surface area (Å²) < 4.78 is 41.8. The average Bonchev–Trinajstić information content (AvgIpc) is 2.15. The monoisotopic (exact) mass is 331 g/mol. The summed E-state index contributed by atoms with van der Waals surface area (Å²) in [5, 5.41) is 0. The van der Waals surface area contributed by atoms with Crippen molar-refractivity contribution >= 4 is 28.6 Å². The van der Waals surface area contributed by atoms with E-state index in [4.69, 9.17) is 0 Å². The van der Waals surface area contributed by atoms with Crippen molar-refractivity contribution < 1.29 is 22.7 Å². The Morgan fingerprint density at radius 1 is 1.53 bits per heavy atom. The second-order valence-corrected chi connectivity index (χ2v) is 3.65. The topological polar surface area (TPSA) is 39.2 Å². The van der Waals surface area contributed by atoms with Gasteiger partial charge in [0.05, 0.1) is 18.2 Å². The van der Waals surface area contributed by atoms with E-state index in [1.165, 1.54) is 0 Å². The number of methoxy groups -OCH3 is 1. The molecule has 0 N–H and O–H groups in total. The van der Waals surface area contributed by atoms with Gasteiger partial charge in [-0.1, -0.05) is 0 Å². The van der Waals surface area contributed by atoms with Crippen LogP contribution in [0.4, 0.5) is 13.2 Å². The van der Waals surface area contributed by atoms with Crippen LogP contribution in [0.15, 0.2) is 12.3 Å². The van der Waals surface area contributed by atoms with Crippen LogP contribution in [0.25, 0.3) is 0 Å². The highest BCUT2D eigenvalue weighted by Gasteiger charge is 2.36. The van der Waals surface area contributed by atoms with Crippen molar-refractivity contribution in [3.8, 4) is 0 Å². The number of ether oxygens (including phenoxy) is 1. The molecular formula is C8H5F3INO2. The first-order chi connectivity index (χ1) is 6.86. The second-order valence-electron chi connectivity index (χ2n) is 2.54. The molecule has 15 heavy (non-hydrogen) atoms. The van der Waals surface area contributed by atoms with Crippen LogP contribution in [-0.4, -0.2) is 18.1 Å². The number of alkyl halides is 3. The fourth-order valence-electron chi connectivity index (χ4n) is 0.937. The number of rotatable bonds is 1. The molecule has 82 valence electrons. The second kappa shape index (κ2) is 4.33. The summed E-state index contributed by atoms with van der Waals surface area (Å²) in [5.74, 6) is -1.05. The molecule has 0 radical (unpaired) electrons. The Balaban J connectivity index is 3.33. The van der Waals surface area contributed by atoms with Gasteiger partial charge in [-0.25, -0.2) is 9.78 Å². The number of carbonyl (C=O) groups excluding carboxylic acids is 1. The lowest BCUT2D eigenvalue weighted by molar-refractivity contribution is -0.138. The fourth-order valence-corrected chi connectivity index (χ4v) is 1.39. The van der Waals surface area contributed by atoms with Gasteiger partial charge in [-0.15, -0.1) is 0 Å². The van der Waals surface area contributed by atoms with Crippen molar-refractivity contribution in [3.63, 3.8) is 0 Å². The summed E-state index contributed by atoms with van der Waals surface area (Å²) in [5.41, 5.74) is -1.61. The van der Waals surface area contributed by atoms with Gasteiger partial charge in [-0.05, 0) is 28.7 Å². The number of halogens is 4. The number of hydrogen-bond donors (Lipinski definition) is 0. The molecule has 0 saturated carbocycles. The van der Waals surface area contributed by atoms with Crippen LogP contribution in [0.3, 0.4) is 0 Å². The third-order valence-corrected chi connectivity index (χ3v) is 2.17. The third-order valence-electron chi connectivity index (χ3n) is 1.58. The molecule has 0 bridgehead atoms. The minimum Gasteiger partial charge on any atom is -0.465 e. The maximum Gasteiger partial charge on any atom is 0.417 e. The molecule has 0 aliphatic carbocycles. The summed E-state index contributed by atoms with van der Waals surface area (Å²) in [6.45, 7) is 0. The molecule has 0 amide bonds. The Kier molecular flexibility index (Phi) is 3.53. The Bertz CT molecular complexity index is 392. The average molecular weight is 331 g/mol. The number of carbonyl (C=O) groups is 1. The van der Waals surface area contributed by atoms with Gasteiger partial charge in [0, 0.05) is 6.20 Å². The summed E-state index contributed by atoms with van der Waals surface area (Å²) in [6.07, 6.45) is -3.73. The summed E-state index contributed by atoms with van der Waals surface area (Å²) >= 11 is 1.63. The van der Waals surface area contributed by atoms with Gasteiger partial charge in [0.2, 0.25) is 0 Å². The predicted molar refractivity (Wildman–Crippen MR) is 53.3 cm³/mol. The molecule has 3 nitrogen and oxygen atoms in total. The summed E-state index contributed by atoms with van der Waals surface area (Å²) in [7, 11) is 1.01. The Hall–Kier alpha value is -0.860. The van der Waals surface area contributed by atoms with Gasteiger partial charge < -0.3 is 4.74 Å². The van der Waals surface area contributed by atoms with E-state index in [0.717, 1.165) is 19.4 Å². The van der Waals surface area contributed by atoms with Crippen LogP contribution in [0.5, 0.6) is 0 Å². The largest absolute Gasteiger partial charge is 0.465 e. The first kappa shape index (κ1) is 12.2. The van der Waals surface area contributed by atoms with Crippen molar-refractivity contribution in [3.05, 3.63) is 27.1 Å². The van der Waals surface area contributed by atoms with Crippen molar-refractivity contribution in [2.75, 3.05) is 7.11 Å². The lowest BCUT2D eigenvalue weighted by Crippen LogP contribution is -2.15. The van der Waals surface area contributed by atoms with Crippen LogP contribution in [0.1, 0.15) is 15.9 Å². The van der Waals surface area contributed by atoms with Crippen molar-refractivity contribution in [2.24, 2.45) is 0 Å². The summed E-state index contributed by atoms with van der Waals surface area (Å²) in [4.78, 5) is 14.6. The normalized spacial score (nSPS) is 11.3. The van der Waals surface area contributed by atoms with Gasteiger partial charge in [-0.3, -0.25) is 0 Å². The van der Waals surface area contributed by atoms with E-state index in [2.05, 4.69) is 9.72 Å². The highest BCUT2D eigenvalue weighted by atomic mass is 127. The molecule has 0 fully saturated rings. The van der Waals surface area contributed by atoms with Gasteiger partial charge in [0.15, 0.2) is 0 Å². The first-order valence-electron chi connectivity index (χ1n) is 3.67. The lowest BCUT2D eigenvalue weighted by atomic mass is 10.1. The quantitative estimate of drug-likeness (QED) is 0.451. The van der Waals surface area contributed by atoms with E-state index in [1.807, 2.05) is 0 Å². The number of aromatic nitrogens is 1. The van der Waals surface area contributed by atoms with Crippen LogP contribution in [0, 0.1) is 3.70 Å². The Morgan fingerprint density at radius 2 is 2.13 bits per heavy atom. The van der Waals surface area contributed by atoms with Crippen molar-refractivity contribution in [1.29, 1.82) is 0 Å². The lowest BCUT2D eigenvalue weighted by Gasteiger charge is -2.10. The van der Waals surface area contributed by atoms with Gasteiger partial charge in [0.25, 0.3) is 0 Å². The third kappa shape index (κ3) is 2.80. The molecule has 1 aromatic rings. The van der Waals surface area contributed by atoms with E-state index in [9.17, 15) is 18.0 Å². The molecule has 0 aliphatic rings. The van der Waals surface area contributed by atoms with Crippen LogP contribution in [0.2, 0.25) is 0 Å². The molecule has 1 rings (SSSR count). The summed E-state index contributed by atoms with van der Waals surface area (Å²) in [6, 6.07) is 0.798. The number of esters is 1. The molecule has 0 aromatic carbocycles. The van der Waals surface area contributed by atoms with Crippen molar-refractivity contribution in [2.45, 2.75) is 6.18 Å². The van der Waals surface area contributed by atoms with E-state index < -0.39 is 23.3 Å². The van der Waals surface area contributed by atoms with E-state index in [-0.39, 0.29) is 3.70 Å². The fraction of sp³-hybridized carbons (Fsp3) is 0.250. The molecule has 7 heteroatoms. The zero-order valence-electron chi connectivity index (χ0n) is 7.43. The molecule has 0 unspecified atom stereocenters. The molecular weight excluding hydrogens is 326 g/mol. The number of nitrogens with zero attached hydrogens (tertiary/aromatic N) is 1. The highest BCUT2D eigenvalue weighted by molar-refractivity contribution is 14.1. The van der Waals surface area contributed by atoms with Gasteiger partial charge in [-0.2, -0.15) is 13.2 Å². The zero-order chi connectivity index (χ0) is 11.6. The van der Waals surface area contributed by atoms with E-state index >= 15 is 0 Å². The zero-order valence-corrected chi connectivity index (χ0v) is 9.59. The van der Waals surface area contributed by atoms with Crippen LogP contribution < -0.4 is 0 Å². The maximum absolute atomic E-state index is 12.5. The Morgan fingerprint density at radius 3 is 2.60 bits per heavy atom. The van der Waals surface area contributed by atoms with E-state index in [1.54, 1.807) is 22.6 Å². The van der Waals surface area contributed by atoms with Crippen molar-refractivity contribution in [1.82, 2.24) is 4.98 Å². The maximum atomic E-state index is 12.5.